The molecule has 0 amide bonds. The van der Waals surface area contributed by atoms with Gasteiger partial charge < -0.3 is 4.74 Å². The Morgan fingerprint density at radius 3 is 3.08 bits per heavy atom. The van der Waals surface area contributed by atoms with Crippen molar-refractivity contribution in [2.45, 2.75) is 6.54 Å². The fraction of sp³-hybridized carbons (Fsp3) is 0.125. The van der Waals surface area contributed by atoms with Gasteiger partial charge in [-0.1, -0.05) is 12.1 Å². The molecular weight excluding hydrogens is 154 g/mol. The molecular formula is C8H7N3O. The summed E-state index contributed by atoms with van der Waals surface area (Å²) in [6.07, 6.45) is 1.58. The van der Waals surface area contributed by atoms with E-state index in [1.54, 1.807) is 24.5 Å². The molecule has 1 aromatic rings. The summed E-state index contributed by atoms with van der Waals surface area (Å²) in [5.41, 5.74) is 7.49. The molecule has 0 aliphatic rings. The maximum Gasteiger partial charge on any atom is 0.292 e. The summed E-state index contributed by atoms with van der Waals surface area (Å²) in [5.74, 6) is 0.485. The van der Waals surface area contributed by atoms with Crippen LogP contribution in [-0.4, -0.2) is 0 Å². The number of rotatable bonds is 3. The van der Waals surface area contributed by atoms with Crippen LogP contribution in [0, 0.1) is 17.0 Å². The summed E-state index contributed by atoms with van der Waals surface area (Å²) >= 11 is 0. The maximum atomic E-state index is 8.21. The second-order valence-corrected chi connectivity index (χ2v) is 2.16. The van der Waals surface area contributed by atoms with Crippen LogP contribution in [0.1, 0.15) is 5.56 Å². The Bertz CT molecular complexity index is 316. The van der Waals surface area contributed by atoms with Crippen molar-refractivity contribution in [1.29, 1.82) is 10.8 Å². The summed E-state index contributed by atoms with van der Waals surface area (Å²) in [7, 11) is 0. The lowest BCUT2D eigenvalue weighted by atomic mass is 10.2. The van der Waals surface area contributed by atoms with Crippen LogP contribution in [0.5, 0.6) is 5.75 Å². The predicted molar refractivity (Wildman–Crippen MR) is 41.5 cm³/mol. The van der Waals surface area contributed by atoms with E-state index < -0.39 is 0 Å². The van der Waals surface area contributed by atoms with Crippen LogP contribution in [0.15, 0.2) is 29.4 Å². The van der Waals surface area contributed by atoms with Crippen molar-refractivity contribution < 1.29 is 4.74 Å². The van der Waals surface area contributed by atoms with Crippen molar-refractivity contribution in [3.05, 3.63) is 29.8 Å². The molecule has 4 nitrogen and oxygen atoms in total. The zero-order chi connectivity index (χ0) is 8.81. The van der Waals surface area contributed by atoms with Gasteiger partial charge in [-0.05, 0) is 17.7 Å². The third-order valence-electron chi connectivity index (χ3n) is 1.32. The monoisotopic (exact) mass is 161 g/mol. The standard InChI is InChI=1S/C8H7N3O/c9-6-12-8-3-1-2-7(4-8)5-11-10/h1-4,10H,5H2. The second-order valence-electron chi connectivity index (χ2n) is 2.16. The lowest BCUT2D eigenvalue weighted by Gasteiger charge is -1.97. The van der Waals surface area contributed by atoms with Crippen molar-refractivity contribution in [2.75, 3.05) is 0 Å². The molecule has 0 radical (unpaired) electrons. The maximum absolute atomic E-state index is 8.21. The third kappa shape index (κ3) is 2.06. The summed E-state index contributed by atoms with van der Waals surface area (Å²) in [5, 5.41) is 11.4. The van der Waals surface area contributed by atoms with Crippen molar-refractivity contribution in [1.82, 2.24) is 0 Å². The van der Waals surface area contributed by atoms with Gasteiger partial charge in [0.1, 0.15) is 5.75 Å². The van der Waals surface area contributed by atoms with Gasteiger partial charge in [0.25, 0.3) is 6.26 Å². The molecule has 0 saturated carbocycles. The number of nitriles is 1. The van der Waals surface area contributed by atoms with Crippen molar-refractivity contribution in [3.8, 4) is 12.0 Å². The molecule has 0 aromatic heterocycles. The van der Waals surface area contributed by atoms with Gasteiger partial charge >= 0.3 is 0 Å². The highest BCUT2D eigenvalue weighted by Gasteiger charge is 1.94. The Labute approximate surface area is 69.9 Å². The summed E-state index contributed by atoms with van der Waals surface area (Å²) in [6.45, 7) is 0.322. The van der Waals surface area contributed by atoms with E-state index >= 15 is 0 Å². The molecule has 0 heterocycles. The normalized spacial score (nSPS) is 8.58. The summed E-state index contributed by atoms with van der Waals surface area (Å²) in [6, 6.07) is 6.94. The van der Waals surface area contributed by atoms with Crippen LogP contribution >= 0.6 is 0 Å². The topological polar surface area (TPSA) is 69.2 Å². The van der Waals surface area contributed by atoms with Crippen LogP contribution in [-0.2, 0) is 6.54 Å². The van der Waals surface area contributed by atoms with E-state index in [0.717, 1.165) is 5.56 Å². The SMILES string of the molecule is N#COc1cccc(CN=N)c1. The fourth-order valence-electron chi connectivity index (χ4n) is 0.851. The molecule has 0 unspecified atom stereocenters. The van der Waals surface area contributed by atoms with Crippen LogP contribution in [0.3, 0.4) is 0 Å². The first-order valence-electron chi connectivity index (χ1n) is 3.35. The Balaban J connectivity index is 2.81. The Morgan fingerprint density at radius 1 is 1.58 bits per heavy atom. The van der Waals surface area contributed by atoms with E-state index in [1.807, 2.05) is 6.07 Å². The molecule has 1 rings (SSSR count). The van der Waals surface area contributed by atoms with Crippen LogP contribution < -0.4 is 4.74 Å². The molecule has 4 heteroatoms. The highest BCUT2D eigenvalue weighted by Crippen LogP contribution is 2.13. The summed E-state index contributed by atoms with van der Waals surface area (Å²) in [4.78, 5) is 0. The zero-order valence-corrected chi connectivity index (χ0v) is 6.32. The van der Waals surface area contributed by atoms with Crippen molar-refractivity contribution in [2.24, 2.45) is 5.11 Å². The van der Waals surface area contributed by atoms with Gasteiger partial charge in [0.15, 0.2) is 0 Å². The van der Waals surface area contributed by atoms with Crippen LogP contribution in [0.2, 0.25) is 0 Å². The molecule has 0 fully saturated rings. The van der Waals surface area contributed by atoms with Crippen LogP contribution in [0.4, 0.5) is 0 Å². The van der Waals surface area contributed by atoms with E-state index in [-0.39, 0.29) is 0 Å². The molecule has 0 atom stereocenters. The van der Waals surface area contributed by atoms with Gasteiger partial charge in [0.2, 0.25) is 0 Å². The van der Waals surface area contributed by atoms with Gasteiger partial charge in [-0.25, -0.2) is 5.53 Å². The first-order valence-corrected chi connectivity index (χ1v) is 3.35. The van der Waals surface area contributed by atoms with E-state index in [9.17, 15) is 0 Å². The Kier molecular flexibility index (Phi) is 2.79. The predicted octanol–water partition coefficient (Wildman–Crippen LogP) is 2.08. The quantitative estimate of drug-likeness (QED) is 0.544. The van der Waals surface area contributed by atoms with Crippen molar-refractivity contribution in [3.63, 3.8) is 0 Å². The molecule has 1 aromatic carbocycles. The molecule has 0 bridgehead atoms. The largest absolute Gasteiger partial charge is 0.388 e. The Morgan fingerprint density at radius 2 is 2.42 bits per heavy atom. The van der Waals surface area contributed by atoms with Gasteiger partial charge in [-0.15, -0.1) is 5.26 Å². The highest BCUT2D eigenvalue weighted by atomic mass is 16.5. The number of hydrogen-bond acceptors (Lipinski definition) is 4. The molecule has 0 spiro atoms. The number of hydrogen-bond donors (Lipinski definition) is 1. The Hall–Kier alpha value is -1.89. The van der Waals surface area contributed by atoms with Gasteiger partial charge in [0.05, 0.1) is 6.54 Å². The number of benzene rings is 1. The lowest BCUT2D eigenvalue weighted by molar-refractivity contribution is 0.506. The van der Waals surface area contributed by atoms with Gasteiger partial charge in [-0.3, -0.25) is 0 Å². The first kappa shape index (κ1) is 8.21. The van der Waals surface area contributed by atoms with E-state index in [4.69, 9.17) is 10.8 Å². The minimum atomic E-state index is 0.322. The van der Waals surface area contributed by atoms with E-state index in [2.05, 4.69) is 9.85 Å². The molecule has 12 heavy (non-hydrogen) atoms. The molecule has 1 N–H and O–H groups in total. The summed E-state index contributed by atoms with van der Waals surface area (Å²) < 4.78 is 4.60. The molecule has 0 aliphatic carbocycles. The molecule has 60 valence electrons. The highest BCUT2D eigenvalue weighted by molar-refractivity contribution is 5.29. The second kappa shape index (κ2) is 4.09. The smallest absolute Gasteiger partial charge is 0.292 e. The van der Waals surface area contributed by atoms with Crippen molar-refractivity contribution >= 4 is 0 Å². The first-order chi connectivity index (χ1) is 5.86. The number of nitrogens with one attached hydrogen (secondary N) is 1. The minimum Gasteiger partial charge on any atom is -0.388 e. The number of ether oxygens (including phenoxy) is 1. The van der Waals surface area contributed by atoms with E-state index in [1.165, 1.54) is 0 Å². The van der Waals surface area contributed by atoms with Crippen LogP contribution in [0.25, 0.3) is 0 Å². The van der Waals surface area contributed by atoms with Gasteiger partial charge in [0, 0.05) is 0 Å². The zero-order valence-electron chi connectivity index (χ0n) is 6.32. The minimum absolute atomic E-state index is 0.322. The third-order valence-corrected chi connectivity index (χ3v) is 1.32. The molecule has 0 saturated heterocycles. The van der Waals surface area contributed by atoms with Gasteiger partial charge in [-0.2, -0.15) is 5.11 Å². The van der Waals surface area contributed by atoms with E-state index in [0.29, 0.717) is 12.3 Å². The number of nitrogens with zero attached hydrogens (tertiary/aromatic N) is 2. The average molecular weight is 161 g/mol. The molecule has 0 aliphatic heterocycles. The lowest BCUT2D eigenvalue weighted by Crippen LogP contribution is -1.84. The fourth-order valence-corrected chi connectivity index (χ4v) is 0.851. The average Bonchev–Trinajstić information content (AvgIpc) is 2.06.